The maximum atomic E-state index is 13.9. The first kappa shape index (κ1) is 30.9. The van der Waals surface area contributed by atoms with Gasteiger partial charge in [0.1, 0.15) is 5.25 Å². The number of imide groups is 1. The third kappa shape index (κ3) is 5.87. The van der Waals surface area contributed by atoms with Crippen LogP contribution in [0.1, 0.15) is 21.9 Å². The summed E-state index contributed by atoms with van der Waals surface area (Å²) in [6.45, 7) is -0.620. The maximum Gasteiger partial charge on any atom is 0.418 e. The van der Waals surface area contributed by atoms with E-state index in [1.165, 1.54) is 30.2 Å². The second-order valence-corrected chi connectivity index (χ2v) is 13.1. The number of thioether (sulfide) groups is 1. The van der Waals surface area contributed by atoms with Gasteiger partial charge in [-0.05, 0) is 54.1 Å². The minimum absolute atomic E-state index is 0.120. The predicted molar refractivity (Wildman–Crippen MR) is 165 cm³/mol. The van der Waals surface area contributed by atoms with Crippen LogP contribution in [0.2, 0.25) is 0 Å². The predicted octanol–water partition coefficient (Wildman–Crippen LogP) is 6.04. The Bertz CT molecular complexity index is 1880. The van der Waals surface area contributed by atoms with Crippen LogP contribution in [0.15, 0.2) is 81.0 Å². The number of halogens is 4. The largest absolute Gasteiger partial charge is 0.493 e. The van der Waals surface area contributed by atoms with E-state index in [9.17, 15) is 32.3 Å². The SMILES string of the molecule is COc1cc([C@H]2c3sc(=O)[nH]c3SC3C(=O)N(c4ccc(Br)cc4)C(=O)C32)ccc1OCC(=O)Nc1ccccc1C(F)(F)F. The number of nitrogens with zero attached hydrogens (tertiary/aromatic N) is 1. The van der Waals surface area contributed by atoms with Gasteiger partial charge in [0.2, 0.25) is 11.8 Å². The lowest BCUT2D eigenvalue weighted by atomic mass is 9.83. The molecule has 1 fully saturated rings. The van der Waals surface area contributed by atoms with Crippen molar-refractivity contribution in [1.82, 2.24) is 4.98 Å². The van der Waals surface area contributed by atoms with E-state index in [0.717, 1.165) is 39.7 Å². The van der Waals surface area contributed by atoms with Gasteiger partial charge in [0.25, 0.3) is 5.91 Å². The Labute approximate surface area is 269 Å². The number of alkyl halides is 3. The fourth-order valence-corrected chi connectivity index (χ4v) is 8.17. The summed E-state index contributed by atoms with van der Waals surface area (Å²) in [7, 11) is 1.37. The second-order valence-electron chi connectivity index (χ2n) is 10.0. The first-order valence-corrected chi connectivity index (χ1v) is 15.7. The van der Waals surface area contributed by atoms with Crippen LogP contribution in [0.25, 0.3) is 0 Å². The van der Waals surface area contributed by atoms with E-state index in [4.69, 9.17) is 9.47 Å². The van der Waals surface area contributed by atoms with Crippen LogP contribution in [0.4, 0.5) is 24.5 Å². The Morgan fingerprint density at radius 1 is 1.02 bits per heavy atom. The Balaban J connectivity index is 1.28. The number of nitrogens with one attached hydrogen (secondary N) is 2. The molecule has 1 saturated heterocycles. The van der Waals surface area contributed by atoms with Crippen molar-refractivity contribution in [2.45, 2.75) is 22.4 Å². The number of thiazole rings is 1. The van der Waals surface area contributed by atoms with Crippen LogP contribution < -0.4 is 24.6 Å². The molecule has 2 aliphatic heterocycles. The van der Waals surface area contributed by atoms with Crippen molar-refractivity contribution in [3.05, 3.63) is 96.9 Å². The minimum atomic E-state index is -4.66. The zero-order chi connectivity index (χ0) is 32.0. The van der Waals surface area contributed by atoms with Crippen molar-refractivity contribution < 1.29 is 37.0 Å². The zero-order valence-corrected chi connectivity index (χ0v) is 26.2. The summed E-state index contributed by atoms with van der Waals surface area (Å²) in [5.41, 5.74) is -0.404. The lowest BCUT2D eigenvalue weighted by Crippen LogP contribution is -2.32. The van der Waals surface area contributed by atoms with Gasteiger partial charge < -0.3 is 19.8 Å². The van der Waals surface area contributed by atoms with Gasteiger partial charge in [0.15, 0.2) is 18.1 Å². The highest BCUT2D eigenvalue weighted by molar-refractivity contribution is 9.10. The van der Waals surface area contributed by atoms with Crippen molar-refractivity contribution in [3.8, 4) is 11.5 Å². The smallest absolute Gasteiger partial charge is 0.418 e. The number of para-hydroxylation sites is 1. The van der Waals surface area contributed by atoms with Crippen LogP contribution in [-0.4, -0.2) is 41.7 Å². The van der Waals surface area contributed by atoms with Gasteiger partial charge >= 0.3 is 11.0 Å². The number of fused-ring (bicyclic) bond motifs is 2. The molecule has 0 spiro atoms. The number of ether oxygens (including phenoxy) is 2. The Kier molecular flexibility index (Phi) is 8.26. The number of aromatic amines is 1. The van der Waals surface area contributed by atoms with Gasteiger partial charge in [-0.3, -0.25) is 19.2 Å². The van der Waals surface area contributed by atoms with E-state index < -0.39 is 58.8 Å². The highest BCUT2D eigenvalue weighted by Crippen LogP contribution is 2.53. The van der Waals surface area contributed by atoms with Crippen LogP contribution >= 0.6 is 39.0 Å². The molecule has 0 saturated carbocycles. The van der Waals surface area contributed by atoms with Crippen LogP contribution in [-0.2, 0) is 20.6 Å². The molecule has 3 atom stereocenters. The molecule has 0 radical (unpaired) electrons. The monoisotopic (exact) mass is 719 g/mol. The van der Waals surface area contributed by atoms with E-state index in [0.29, 0.717) is 21.2 Å². The molecule has 6 rings (SSSR count). The number of H-pyrrole nitrogens is 1. The fraction of sp³-hybridized carbons (Fsp3) is 0.200. The molecule has 2 unspecified atom stereocenters. The van der Waals surface area contributed by atoms with Crippen molar-refractivity contribution in [1.29, 1.82) is 0 Å². The second kappa shape index (κ2) is 12.0. The molecule has 0 bridgehead atoms. The van der Waals surface area contributed by atoms with Gasteiger partial charge in [0, 0.05) is 15.3 Å². The molecule has 4 aromatic rings. The number of rotatable bonds is 7. The van der Waals surface area contributed by atoms with Gasteiger partial charge in [-0.2, -0.15) is 13.2 Å². The molecule has 2 N–H and O–H groups in total. The first-order chi connectivity index (χ1) is 21.5. The topological polar surface area (TPSA) is 118 Å². The number of hydrogen-bond donors (Lipinski definition) is 2. The molecule has 3 amide bonds. The Morgan fingerprint density at radius 2 is 1.76 bits per heavy atom. The lowest BCUT2D eigenvalue weighted by Gasteiger charge is -2.30. The van der Waals surface area contributed by atoms with Crippen molar-refractivity contribution >= 4 is 68.1 Å². The number of amides is 3. The summed E-state index contributed by atoms with van der Waals surface area (Å²) in [5.74, 6) is -2.85. The number of anilines is 2. The average molecular weight is 721 g/mol. The lowest BCUT2D eigenvalue weighted by molar-refractivity contribution is -0.137. The molecule has 2 aliphatic rings. The van der Waals surface area contributed by atoms with E-state index in [1.54, 1.807) is 36.4 Å². The van der Waals surface area contributed by atoms with E-state index in [2.05, 4.69) is 26.2 Å². The molecule has 3 heterocycles. The molecule has 232 valence electrons. The number of carbonyl (C=O) groups is 3. The van der Waals surface area contributed by atoms with Gasteiger partial charge in [-0.25, -0.2) is 4.90 Å². The summed E-state index contributed by atoms with van der Waals surface area (Å²) >= 11 is 5.46. The maximum absolute atomic E-state index is 13.9. The third-order valence-corrected chi connectivity index (χ3v) is 10.3. The van der Waals surface area contributed by atoms with Crippen molar-refractivity contribution in [2.75, 3.05) is 23.9 Å². The van der Waals surface area contributed by atoms with Crippen molar-refractivity contribution in [2.24, 2.45) is 5.92 Å². The molecule has 45 heavy (non-hydrogen) atoms. The van der Waals surface area contributed by atoms with Crippen LogP contribution in [0.5, 0.6) is 11.5 Å². The van der Waals surface area contributed by atoms with Crippen LogP contribution in [0, 0.1) is 5.92 Å². The molecule has 9 nitrogen and oxygen atoms in total. The van der Waals surface area contributed by atoms with E-state index >= 15 is 0 Å². The molecule has 1 aromatic heterocycles. The highest BCUT2D eigenvalue weighted by atomic mass is 79.9. The third-order valence-electron chi connectivity index (χ3n) is 7.32. The molecular formula is C30H21BrF3N3O6S2. The fourth-order valence-electron chi connectivity index (χ4n) is 5.39. The first-order valence-electron chi connectivity index (χ1n) is 13.3. The quantitative estimate of drug-likeness (QED) is 0.224. The summed E-state index contributed by atoms with van der Waals surface area (Å²) in [6.07, 6.45) is -4.66. The molecular weight excluding hydrogens is 699 g/mol. The summed E-state index contributed by atoms with van der Waals surface area (Å²) in [5, 5.41) is 1.93. The Hall–Kier alpha value is -4.08. The zero-order valence-electron chi connectivity index (χ0n) is 23.0. The minimum Gasteiger partial charge on any atom is -0.493 e. The number of aromatic nitrogens is 1. The van der Waals surface area contributed by atoms with Crippen LogP contribution in [0.3, 0.4) is 0 Å². The summed E-state index contributed by atoms with van der Waals surface area (Å²) in [6, 6.07) is 16.1. The molecule has 3 aromatic carbocycles. The van der Waals surface area contributed by atoms with Crippen molar-refractivity contribution in [3.63, 3.8) is 0 Å². The van der Waals surface area contributed by atoms with E-state index in [-0.39, 0.29) is 16.4 Å². The Morgan fingerprint density at radius 3 is 2.47 bits per heavy atom. The highest BCUT2D eigenvalue weighted by Gasteiger charge is 2.56. The number of methoxy groups -OCH3 is 1. The molecule has 15 heteroatoms. The van der Waals surface area contributed by atoms with E-state index in [1.807, 2.05) is 0 Å². The average Bonchev–Trinajstić information content (AvgIpc) is 3.50. The molecule has 0 aliphatic carbocycles. The number of hydrogen-bond acceptors (Lipinski definition) is 8. The van der Waals surface area contributed by atoms with Gasteiger partial charge in [-0.15, -0.1) is 0 Å². The summed E-state index contributed by atoms with van der Waals surface area (Å²) in [4.78, 5) is 56.6. The normalized spacial score (nSPS) is 19.2. The number of carbonyl (C=O) groups excluding carboxylic acids is 3. The number of benzene rings is 3. The summed E-state index contributed by atoms with van der Waals surface area (Å²) < 4.78 is 51.9. The van der Waals surface area contributed by atoms with Gasteiger partial charge in [0.05, 0.1) is 35.0 Å². The standard InChI is InChI=1S/C30H21BrF3N3O6S2/c1-42-20-12-14(6-11-19(20)43-13-21(38)35-18-5-3-2-4-17(18)30(32,33)34)22-23-25(44-26-24(22)45-29(41)36-26)28(40)37(27(23)39)16-9-7-15(31)8-10-16/h2-12,22-23,25H,13H2,1H3,(H,35,38)(H,36,41)/t22-,23?,25?/m1/s1. The van der Waals surface area contributed by atoms with Gasteiger partial charge in [-0.1, -0.05) is 57.2 Å².